The molecule has 1 aliphatic rings. The van der Waals surface area contributed by atoms with Gasteiger partial charge in [0.05, 0.1) is 20.3 Å². The molecule has 5 heteroatoms. The van der Waals surface area contributed by atoms with Crippen LogP contribution < -0.4 is 10.6 Å². The number of nitrogens with two attached hydrogens (primary N) is 1. The summed E-state index contributed by atoms with van der Waals surface area (Å²) in [6.45, 7) is 3.38. The molecule has 1 saturated heterocycles. The third kappa shape index (κ3) is 3.68. The second kappa shape index (κ2) is 6.54. The third-order valence-corrected chi connectivity index (χ3v) is 3.27. The fourth-order valence-corrected chi connectivity index (χ4v) is 2.15. The van der Waals surface area contributed by atoms with Crippen molar-refractivity contribution in [2.75, 3.05) is 38.3 Å². The molecular weight excluding hydrogens is 244 g/mol. The minimum Gasteiger partial charge on any atom is -0.468 e. The first kappa shape index (κ1) is 13.8. The summed E-state index contributed by atoms with van der Waals surface area (Å²) in [5.74, 6) is -0.378. The summed E-state index contributed by atoms with van der Waals surface area (Å²) in [5.41, 5.74) is 7.96. The lowest BCUT2D eigenvalue weighted by Crippen LogP contribution is -2.36. The Kier molecular flexibility index (Phi) is 4.76. The molecular formula is C14H20N2O3. The lowest BCUT2D eigenvalue weighted by Gasteiger charge is -2.29. The zero-order chi connectivity index (χ0) is 13.7. The molecule has 0 spiro atoms. The number of rotatable bonds is 4. The predicted octanol–water partition coefficient (Wildman–Crippen LogP) is 0.566. The normalized spacial score (nSPS) is 17.1. The number of ether oxygens (including phenoxy) is 2. The molecule has 1 heterocycles. The molecule has 0 amide bonds. The maximum Gasteiger partial charge on any atom is 0.322 e. The third-order valence-electron chi connectivity index (χ3n) is 3.27. The van der Waals surface area contributed by atoms with Crippen LogP contribution >= 0.6 is 0 Å². The number of methoxy groups -OCH3 is 1. The van der Waals surface area contributed by atoms with E-state index in [1.54, 1.807) is 0 Å². The van der Waals surface area contributed by atoms with Crippen molar-refractivity contribution in [3.05, 3.63) is 29.8 Å². The quantitative estimate of drug-likeness (QED) is 0.805. The van der Waals surface area contributed by atoms with Crippen molar-refractivity contribution in [2.24, 2.45) is 5.73 Å². The van der Waals surface area contributed by atoms with Gasteiger partial charge < -0.3 is 20.1 Å². The molecule has 1 aromatic rings. The molecule has 5 nitrogen and oxygen atoms in total. The first-order chi connectivity index (χ1) is 9.20. The highest BCUT2D eigenvalue weighted by molar-refractivity contribution is 5.75. The van der Waals surface area contributed by atoms with Gasteiger partial charge >= 0.3 is 5.97 Å². The van der Waals surface area contributed by atoms with E-state index in [1.807, 2.05) is 12.1 Å². The SMILES string of the molecule is COC(=O)C(N)Cc1ccc(N2CCOCC2)cc1. The predicted molar refractivity (Wildman–Crippen MR) is 73.2 cm³/mol. The van der Waals surface area contributed by atoms with Crippen molar-refractivity contribution < 1.29 is 14.3 Å². The van der Waals surface area contributed by atoms with E-state index in [4.69, 9.17) is 10.5 Å². The average molecular weight is 264 g/mol. The molecule has 0 saturated carbocycles. The summed E-state index contributed by atoms with van der Waals surface area (Å²) in [6, 6.07) is 7.54. The minimum absolute atomic E-state index is 0.378. The van der Waals surface area contributed by atoms with E-state index in [1.165, 1.54) is 12.8 Å². The number of esters is 1. The number of morpholine rings is 1. The van der Waals surface area contributed by atoms with Gasteiger partial charge in [0.2, 0.25) is 0 Å². The molecule has 1 aromatic carbocycles. The van der Waals surface area contributed by atoms with Gasteiger partial charge in [-0.1, -0.05) is 12.1 Å². The molecule has 2 rings (SSSR count). The summed E-state index contributed by atoms with van der Waals surface area (Å²) >= 11 is 0. The molecule has 0 radical (unpaired) electrons. The van der Waals surface area contributed by atoms with Crippen molar-refractivity contribution in [1.29, 1.82) is 0 Å². The Morgan fingerprint density at radius 2 is 2.00 bits per heavy atom. The molecule has 0 aliphatic carbocycles. The van der Waals surface area contributed by atoms with Gasteiger partial charge in [0.25, 0.3) is 0 Å². The average Bonchev–Trinajstić information content (AvgIpc) is 2.48. The molecule has 19 heavy (non-hydrogen) atoms. The first-order valence-corrected chi connectivity index (χ1v) is 6.46. The smallest absolute Gasteiger partial charge is 0.322 e. The number of benzene rings is 1. The van der Waals surface area contributed by atoms with Gasteiger partial charge in [0.1, 0.15) is 6.04 Å². The Labute approximate surface area is 113 Å². The lowest BCUT2D eigenvalue weighted by molar-refractivity contribution is -0.142. The van der Waals surface area contributed by atoms with Crippen molar-refractivity contribution in [1.82, 2.24) is 0 Å². The standard InChI is InChI=1S/C14H20N2O3/c1-18-14(17)13(15)10-11-2-4-12(5-3-11)16-6-8-19-9-7-16/h2-5,13H,6-10,15H2,1H3. The zero-order valence-corrected chi connectivity index (χ0v) is 11.2. The monoisotopic (exact) mass is 264 g/mol. The van der Waals surface area contributed by atoms with Crippen molar-refractivity contribution in [3.8, 4) is 0 Å². The Hall–Kier alpha value is -1.59. The van der Waals surface area contributed by atoms with Gasteiger partial charge in [-0.3, -0.25) is 4.79 Å². The highest BCUT2D eigenvalue weighted by Crippen LogP contribution is 2.17. The van der Waals surface area contributed by atoms with E-state index in [0.717, 1.165) is 31.9 Å². The van der Waals surface area contributed by atoms with Crippen molar-refractivity contribution >= 4 is 11.7 Å². The van der Waals surface area contributed by atoms with Gasteiger partial charge in [-0.25, -0.2) is 0 Å². The Morgan fingerprint density at radius 3 is 2.58 bits per heavy atom. The van der Waals surface area contributed by atoms with Gasteiger partial charge in [-0.2, -0.15) is 0 Å². The number of hydrogen-bond acceptors (Lipinski definition) is 5. The van der Waals surface area contributed by atoms with Crippen molar-refractivity contribution in [2.45, 2.75) is 12.5 Å². The molecule has 0 aromatic heterocycles. The van der Waals surface area contributed by atoms with Crippen LogP contribution in [0.3, 0.4) is 0 Å². The van der Waals surface area contributed by atoms with Gasteiger partial charge in [0.15, 0.2) is 0 Å². The Morgan fingerprint density at radius 1 is 1.37 bits per heavy atom. The number of carbonyl (C=O) groups excluding carboxylic acids is 1. The highest BCUT2D eigenvalue weighted by atomic mass is 16.5. The van der Waals surface area contributed by atoms with Gasteiger partial charge in [0, 0.05) is 18.8 Å². The summed E-state index contributed by atoms with van der Waals surface area (Å²) in [6.07, 6.45) is 0.496. The summed E-state index contributed by atoms with van der Waals surface area (Å²) in [5, 5.41) is 0. The number of nitrogens with zero attached hydrogens (tertiary/aromatic N) is 1. The van der Waals surface area contributed by atoms with E-state index >= 15 is 0 Å². The van der Waals surface area contributed by atoms with Crippen molar-refractivity contribution in [3.63, 3.8) is 0 Å². The number of anilines is 1. The highest BCUT2D eigenvalue weighted by Gasteiger charge is 2.15. The van der Waals surface area contributed by atoms with Crippen LogP contribution in [0.15, 0.2) is 24.3 Å². The van der Waals surface area contributed by atoms with E-state index in [0.29, 0.717) is 6.42 Å². The van der Waals surface area contributed by atoms with Gasteiger partial charge in [-0.05, 0) is 24.1 Å². The molecule has 1 fully saturated rings. The molecule has 1 unspecified atom stereocenters. The van der Waals surface area contributed by atoms with Crippen LogP contribution in [0.25, 0.3) is 0 Å². The second-order valence-electron chi connectivity index (χ2n) is 4.60. The van der Waals surface area contributed by atoms with Gasteiger partial charge in [-0.15, -0.1) is 0 Å². The summed E-state index contributed by atoms with van der Waals surface area (Å²) in [7, 11) is 1.35. The largest absolute Gasteiger partial charge is 0.468 e. The summed E-state index contributed by atoms with van der Waals surface area (Å²) in [4.78, 5) is 13.5. The topological polar surface area (TPSA) is 64.8 Å². The van der Waals surface area contributed by atoms with Crippen LogP contribution in [-0.2, 0) is 20.7 Å². The first-order valence-electron chi connectivity index (χ1n) is 6.46. The van der Waals surface area contributed by atoms with E-state index in [2.05, 4.69) is 21.8 Å². The van der Waals surface area contributed by atoms with Crippen LogP contribution in [0.1, 0.15) is 5.56 Å². The van der Waals surface area contributed by atoms with Crippen LogP contribution in [0.4, 0.5) is 5.69 Å². The molecule has 0 bridgehead atoms. The molecule has 104 valence electrons. The maximum absolute atomic E-state index is 11.3. The fourth-order valence-electron chi connectivity index (χ4n) is 2.15. The molecule has 1 atom stereocenters. The zero-order valence-electron chi connectivity index (χ0n) is 11.2. The van der Waals surface area contributed by atoms with E-state index in [9.17, 15) is 4.79 Å². The van der Waals surface area contributed by atoms with E-state index < -0.39 is 6.04 Å². The van der Waals surface area contributed by atoms with E-state index in [-0.39, 0.29) is 5.97 Å². The number of hydrogen-bond donors (Lipinski definition) is 1. The van der Waals surface area contributed by atoms with Crippen LogP contribution in [-0.4, -0.2) is 45.4 Å². The van der Waals surface area contributed by atoms with Crippen LogP contribution in [0, 0.1) is 0 Å². The Bertz CT molecular complexity index is 413. The molecule has 1 aliphatic heterocycles. The van der Waals surface area contributed by atoms with Crippen LogP contribution in [0.2, 0.25) is 0 Å². The maximum atomic E-state index is 11.3. The minimum atomic E-state index is -0.598. The number of carbonyl (C=O) groups is 1. The summed E-state index contributed by atoms with van der Waals surface area (Å²) < 4.78 is 9.94. The molecule has 2 N–H and O–H groups in total. The van der Waals surface area contributed by atoms with Crippen LogP contribution in [0.5, 0.6) is 0 Å². The lowest BCUT2D eigenvalue weighted by atomic mass is 10.1. The second-order valence-corrected chi connectivity index (χ2v) is 4.60. The fraction of sp³-hybridized carbons (Fsp3) is 0.500. The Balaban J connectivity index is 1.96.